The van der Waals surface area contributed by atoms with E-state index in [0.717, 1.165) is 30.9 Å². The number of nitrogens with zero attached hydrogens (tertiary/aromatic N) is 4. The third-order valence-electron chi connectivity index (χ3n) is 3.34. The molecule has 0 fully saturated rings. The van der Waals surface area contributed by atoms with Crippen LogP contribution < -0.4 is 5.32 Å². The summed E-state index contributed by atoms with van der Waals surface area (Å²) in [4.78, 5) is 4.42. The van der Waals surface area contributed by atoms with E-state index in [4.69, 9.17) is 0 Å². The lowest BCUT2D eigenvalue weighted by molar-refractivity contribution is 0.479. The first-order valence-corrected chi connectivity index (χ1v) is 6.82. The fraction of sp³-hybridized carbons (Fsp3) is 0.571. The van der Waals surface area contributed by atoms with Crippen molar-refractivity contribution in [2.45, 2.75) is 32.7 Å². The van der Waals surface area contributed by atoms with Gasteiger partial charge < -0.3 is 9.88 Å². The van der Waals surface area contributed by atoms with E-state index in [0.29, 0.717) is 0 Å². The van der Waals surface area contributed by atoms with Crippen LogP contribution in [0, 0.1) is 6.92 Å². The van der Waals surface area contributed by atoms with Crippen molar-refractivity contribution in [1.82, 2.24) is 24.6 Å². The Bertz CT molecular complexity index is 526. The molecule has 0 saturated heterocycles. The molecule has 0 aliphatic rings. The van der Waals surface area contributed by atoms with Crippen LogP contribution in [0.4, 0.5) is 0 Å². The predicted octanol–water partition coefficient (Wildman–Crippen LogP) is 1.75. The van der Waals surface area contributed by atoms with Crippen LogP contribution in [0.3, 0.4) is 0 Å². The summed E-state index contributed by atoms with van der Waals surface area (Å²) in [7, 11) is 4.04. The lowest BCUT2D eigenvalue weighted by Gasteiger charge is -2.18. The molecule has 1 unspecified atom stereocenters. The molecule has 104 valence electrons. The molecular formula is C14H23N5. The van der Waals surface area contributed by atoms with Crippen molar-refractivity contribution in [3.8, 4) is 0 Å². The average Bonchev–Trinajstić information content (AvgIpc) is 2.91. The highest BCUT2D eigenvalue weighted by Crippen LogP contribution is 2.18. The molecule has 2 rings (SSSR count). The average molecular weight is 261 g/mol. The molecule has 2 aromatic rings. The van der Waals surface area contributed by atoms with Gasteiger partial charge in [-0.2, -0.15) is 5.10 Å². The van der Waals surface area contributed by atoms with Crippen molar-refractivity contribution in [2.75, 3.05) is 6.54 Å². The summed E-state index contributed by atoms with van der Waals surface area (Å²) < 4.78 is 4.04. The topological polar surface area (TPSA) is 47.7 Å². The normalized spacial score (nSPS) is 12.8. The van der Waals surface area contributed by atoms with Crippen molar-refractivity contribution < 1.29 is 0 Å². The monoisotopic (exact) mass is 261 g/mol. The maximum absolute atomic E-state index is 4.44. The molecule has 0 saturated carbocycles. The number of imidazole rings is 1. The number of hydrogen-bond acceptors (Lipinski definition) is 3. The lowest BCUT2D eigenvalue weighted by Crippen LogP contribution is -2.27. The van der Waals surface area contributed by atoms with Crippen molar-refractivity contribution in [2.24, 2.45) is 14.1 Å². The Labute approximate surface area is 114 Å². The van der Waals surface area contributed by atoms with Gasteiger partial charge in [0, 0.05) is 32.9 Å². The SMILES string of the molecule is CCCNC(Cc1nccn1C)c1cc(C)nn1C. The Balaban J connectivity index is 2.20. The van der Waals surface area contributed by atoms with Crippen LogP contribution in [0.5, 0.6) is 0 Å². The molecule has 0 radical (unpaired) electrons. The van der Waals surface area contributed by atoms with Crippen LogP contribution >= 0.6 is 0 Å². The molecule has 2 aromatic heterocycles. The molecule has 1 atom stereocenters. The fourth-order valence-electron chi connectivity index (χ4n) is 2.33. The van der Waals surface area contributed by atoms with Crippen molar-refractivity contribution in [1.29, 1.82) is 0 Å². The van der Waals surface area contributed by atoms with Crippen molar-refractivity contribution in [3.05, 3.63) is 35.7 Å². The van der Waals surface area contributed by atoms with Gasteiger partial charge in [-0.15, -0.1) is 0 Å². The van der Waals surface area contributed by atoms with Gasteiger partial charge in [0.05, 0.1) is 17.4 Å². The van der Waals surface area contributed by atoms with Gasteiger partial charge in [-0.05, 0) is 26.0 Å². The van der Waals surface area contributed by atoms with Gasteiger partial charge in [0.2, 0.25) is 0 Å². The first-order valence-electron chi connectivity index (χ1n) is 6.82. The third kappa shape index (κ3) is 3.23. The molecule has 5 heteroatoms. The Hall–Kier alpha value is -1.62. The molecule has 1 N–H and O–H groups in total. The summed E-state index contributed by atoms with van der Waals surface area (Å²) in [6.07, 6.45) is 5.83. The van der Waals surface area contributed by atoms with Gasteiger partial charge in [-0.25, -0.2) is 4.98 Å². The zero-order chi connectivity index (χ0) is 13.8. The largest absolute Gasteiger partial charge is 0.338 e. The standard InChI is InChI=1S/C14H23N5/c1-5-6-15-12(10-14-16-7-8-18(14)3)13-9-11(2)17-19(13)4/h7-9,12,15H,5-6,10H2,1-4H3. The van der Waals surface area contributed by atoms with E-state index in [1.807, 2.05) is 38.1 Å². The second kappa shape index (κ2) is 6.02. The Morgan fingerprint density at radius 3 is 2.68 bits per heavy atom. The first-order chi connectivity index (χ1) is 9.11. The van der Waals surface area contributed by atoms with E-state index in [1.165, 1.54) is 5.69 Å². The molecule has 0 spiro atoms. The van der Waals surface area contributed by atoms with Gasteiger partial charge in [0.1, 0.15) is 5.82 Å². The summed E-state index contributed by atoms with van der Waals surface area (Å²) >= 11 is 0. The van der Waals surface area contributed by atoms with E-state index in [9.17, 15) is 0 Å². The maximum Gasteiger partial charge on any atom is 0.110 e. The molecule has 19 heavy (non-hydrogen) atoms. The van der Waals surface area contributed by atoms with Crippen LogP contribution in [-0.4, -0.2) is 25.9 Å². The highest BCUT2D eigenvalue weighted by Gasteiger charge is 2.17. The molecule has 0 aromatic carbocycles. The predicted molar refractivity (Wildman–Crippen MR) is 75.9 cm³/mol. The maximum atomic E-state index is 4.44. The molecule has 0 bridgehead atoms. The minimum atomic E-state index is 0.257. The summed E-state index contributed by atoms with van der Waals surface area (Å²) in [5.74, 6) is 1.09. The van der Waals surface area contributed by atoms with E-state index >= 15 is 0 Å². The van der Waals surface area contributed by atoms with Crippen LogP contribution in [0.15, 0.2) is 18.5 Å². The number of aryl methyl sites for hydroxylation is 3. The Morgan fingerprint density at radius 2 is 2.16 bits per heavy atom. The zero-order valence-electron chi connectivity index (χ0n) is 12.2. The molecule has 5 nitrogen and oxygen atoms in total. The number of aromatic nitrogens is 4. The molecule has 0 aliphatic heterocycles. The quantitative estimate of drug-likeness (QED) is 0.861. The van der Waals surface area contributed by atoms with Crippen LogP contribution in [-0.2, 0) is 20.5 Å². The van der Waals surface area contributed by atoms with Gasteiger partial charge in [-0.1, -0.05) is 6.92 Å². The summed E-state index contributed by atoms with van der Waals surface area (Å²) in [6, 6.07) is 2.41. The Kier molecular flexibility index (Phi) is 4.37. The van der Waals surface area contributed by atoms with Gasteiger partial charge in [0.25, 0.3) is 0 Å². The third-order valence-corrected chi connectivity index (χ3v) is 3.34. The zero-order valence-corrected chi connectivity index (χ0v) is 12.2. The number of rotatable bonds is 6. The van der Waals surface area contributed by atoms with E-state index in [-0.39, 0.29) is 6.04 Å². The van der Waals surface area contributed by atoms with Crippen molar-refractivity contribution >= 4 is 0 Å². The fourth-order valence-corrected chi connectivity index (χ4v) is 2.33. The second-order valence-electron chi connectivity index (χ2n) is 5.00. The van der Waals surface area contributed by atoms with Crippen molar-refractivity contribution in [3.63, 3.8) is 0 Å². The van der Waals surface area contributed by atoms with Gasteiger partial charge in [0.15, 0.2) is 0 Å². The number of hydrogen-bond donors (Lipinski definition) is 1. The first kappa shape index (κ1) is 13.8. The van der Waals surface area contributed by atoms with Crippen LogP contribution in [0.2, 0.25) is 0 Å². The van der Waals surface area contributed by atoms with Crippen LogP contribution in [0.25, 0.3) is 0 Å². The smallest absolute Gasteiger partial charge is 0.110 e. The summed E-state index contributed by atoms with van der Waals surface area (Å²) in [5.41, 5.74) is 2.27. The molecular weight excluding hydrogens is 238 g/mol. The van der Waals surface area contributed by atoms with Gasteiger partial charge in [-0.3, -0.25) is 4.68 Å². The summed E-state index contributed by atoms with van der Waals surface area (Å²) in [5, 5.41) is 8.03. The van der Waals surface area contributed by atoms with E-state index in [1.54, 1.807) is 0 Å². The highest BCUT2D eigenvalue weighted by atomic mass is 15.3. The number of nitrogens with one attached hydrogen (secondary N) is 1. The lowest BCUT2D eigenvalue weighted by atomic mass is 10.1. The summed E-state index contributed by atoms with van der Waals surface area (Å²) in [6.45, 7) is 5.21. The Morgan fingerprint density at radius 1 is 1.37 bits per heavy atom. The molecule has 0 amide bonds. The second-order valence-corrected chi connectivity index (χ2v) is 5.00. The minimum Gasteiger partial charge on any atom is -0.338 e. The van der Waals surface area contributed by atoms with E-state index < -0.39 is 0 Å². The van der Waals surface area contributed by atoms with Crippen LogP contribution in [0.1, 0.15) is 36.6 Å². The molecule has 2 heterocycles. The molecule has 0 aliphatic carbocycles. The highest BCUT2D eigenvalue weighted by molar-refractivity contribution is 5.15. The minimum absolute atomic E-state index is 0.257. The van der Waals surface area contributed by atoms with Gasteiger partial charge >= 0.3 is 0 Å². The van der Waals surface area contributed by atoms with E-state index in [2.05, 4.69) is 33.0 Å².